The highest BCUT2D eigenvalue weighted by Gasteiger charge is 2.33. The van der Waals surface area contributed by atoms with Gasteiger partial charge in [-0.25, -0.2) is 0 Å². The van der Waals surface area contributed by atoms with Crippen LogP contribution in [0.5, 0.6) is 5.75 Å². The monoisotopic (exact) mass is 406 g/mol. The Balaban J connectivity index is 2.25. The molecule has 0 radical (unpaired) electrons. The summed E-state index contributed by atoms with van der Waals surface area (Å²) in [4.78, 5) is 34.6. The number of amides is 1. The van der Waals surface area contributed by atoms with Gasteiger partial charge in [-0.3, -0.25) is 9.59 Å². The molecule has 0 aliphatic rings. The van der Waals surface area contributed by atoms with Gasteiger partial charge < -0.3 is 20.0 Å². The van der Waals surface area contributed by atoms with Gasteiger partial charge in [0.2, 0.25) is 0 Å². The SMILES string of the molecule is CC(=O)/C(=C\c1ccc(OCC(=O)[O-])cc1)C(=O)Nc1ccccc1C(F)(F)F. The minimum atomic E-state index is -4.68. The number of carbonyl (C=O) groups is 3. The number of para-hydroxylation sites is 1. The van der Waals surface area contributed by atoms with Gasteiger partial charge in [-0.1, -0.05) is 24.3 Å². The molecular formula is C20H15F3NO5-. The number of Topliss-reactive ketones (excluding diaryl/α,β-unsaturated/α-hetero) is 1. The first-order valence-electron chi connectivity index (χ1n) is 8.21. The van der Waals surface area contributed by atoms with Crippen LogP contribution in [0.4, 0.5) is 18.9 Å². The van der Waals surface area contributed by atoms with Crippen LogP contribution in [0.15, 0.2) is 54.1 Å². The summed E-state index contributed by atoms with van der Waals surface area (Å²) in [6.45, 7) is 0.466. The molecule has 0 unspecified atom stereocenters. The average Bonchev–Trinajstić information content (AvgIpc) is 2.64. The van der Waals surface area contributed by atoms with Gasteiger partial charge in [-0.2, -0.15) is 13.2 Å². The summed E-state index contributed by atoms with van der Waals surface area (Å²) in [5.41, 5.74) is -1.48. The minimum Gasteiger partial charge on any atom is -0.546 e. The van der Waals surface area contributed by atoms with Crippen molar-refractivity contribution in [1.29, 1.82) is 0 Å². The van der Waals surface area contributed by atoms with Gasteiger partial charge in [0.15, 0.2) is 5.78 Å². The molecule has 1 amide bonds. The van der Waals surface area contributed by atoms with Crippen molar-refractivity contribution in [2.24, 2.45) is 0 Å². The van der Waals surface area contributed by atoms with Crippen LogP contribution in [-0.4, -0.2) is 24.3 Å². The summed E-state index contributed by atoms with van der Waals surface area (Å²) in [7, 11) is 0. The van der Waals surface area contributed by atoms with Crippen molar-refractivity contribution in [3.63, 3.8) is 0 Å². The summed E-state index contributed by atoms with van der Waals surface area (Å²) in [5, 5.41) is 12.5. The van der Waals surface area contributed by atoms with E-state index >= 15 is 0 Å². The first-order valence-corrected chi connectivity index (χ1v) is 8.21. The van der Waals surface area contributed by atoms with Crippen LogP contribution in [0, 0.1) is 0 Å². The molecule has 0 aromatic heterocycles. The molecule has 29 heavy (non-hydrogen) atoms. The fourth-order valence-electron chi connectivity index (χ4n) is 2.33. The largest absolute Gasteiger partial charge is 0.546 e. The first-order chi connectivity index (χ1) is 13.6. The number of carbonyl (C=O) groups excluding carboxylic acids is 3. The highest BCUT2D eigenvalue weighted by molar-refractivity contribution is 6.25. The fraction of sp³-hybridized carbons (Fsp3) is 0.150. The number of carboxylic acid groups (broad SMARTS) is 1. The molecule has 0 heterocycles. The summed E-state index contributed by atoms with van der Waals surface area (Å²) in [6, 6.07) is 10.1. The van der Waals surface area contributed by atoms with Crippen molar-refractivity contribution < 1.29 is 37.4 Å². The average molecular weight is 406 g/mol. The molecule has 9 heteroatoms. The second-order valence-corrected chi connectivity index (χ2v) is 5.84. The van der Waals surface area contributed by atoms with E-state index in [1.165, 1.54) is 42.5 Å². The van der Waals surface area contributed by atoms with E-state index in [1.54, 1.807) is 0 Å². The van der Waals surface area contributed by atoms with Gasteiger partial charge in [0.05, 0.1) is 22.8 Å². The highest BCUT2D eigenvalue weighted by Crippen LogP contribution is 2.34. The lowest BCUT2D eigenvalue weighted by molar-refractivity contribution is -0.307. The van der Waals surface area contributed by atoms with Crippen LogP contribution in [0.2, 0.25) is 0 Å². The molecule has 1 N–H and O–H groups in total. The minimum absolute atomic E-state index is 0.222. The number of rotatable bonds is 7. The Morgan fingerprint density at radius 2 is 1.69 bits per heavy atom. The molecule has 0 bridgehead atoms. The lowest BCUT2D eigenvalue weighted by Crippen LogP contribution is -2.28. The number of hydrogen-bond acceptors (Lipinski definition) is 5. The van der Waals surface area contributed by atoms with E-state index < -0.39 is 41.7 Å². The molecule has 6 nitrogen and oxygen atoms in total. The predicted molar refractivity (Wildman–Crippen MR) is 95.7 cm³/mol. The zero-order chi connectivity index (χ0) is 21.6. The molecule has 0 atom stereocenters. The Labute approximate surface area is 163 Å². The number of carboxylic acids is 1. The summed E-state index contributed by atoms with van der Waals surface area (Å²) in [6.07, 6.45) is -3.47. The number of alkyl halides is 3. The van der Waals surface area contributed by atoms with E-state index in [9.17, 15) is 32.7 Å². The molecule has 0 spiro atoms. The predicted octanol–water partition coefficient (Wildman–Crippen LogP) is 2.45. The van der Waals surface area contributed by atoms with Crippen LogP contribution >= 0.6 is 0 Å². The zero-order valence-electron chi connectivity index (χ0n) is 15.1. The number of anilines is 1. The molecule has 0 saturated carbocycles. The first kappa shape index (κ1) is 21.7. The second kappa shape index (κ2) is 9.05. The van der Waals surface area contributed by atoms with Gasteiger partial charge in [-0.05, 0) is 42.8 Å². The molecular weight excluding hydrogens is 391 g/mol. The number of ketones is 1. The molecule has 2 rings (SSSR count). The number of hydrogen-bond donors (Lipinski definition) is 1. The number of aliphatic carboxylic acids is 1. The highest BCUT2D eigenvalue weighted by atomic mass is 19.4. The lowest BCUT2D eigenvalue weighted by atomic mass is 10.1. The van der Waals surface area contributed by atoms with E-state index in [1.807, 2.05) is 0 Å². The molecule has 152 valence electrons. The fourth-order valence-corrected chi connectivity index (χ4v) is 2.33. The quantitative estimate of drug-likeness (QED) is 0.433. The van der Waals surface area contributed by atoms with Gasteiger partial charge in [-0.15, -0.1) is 0 Å². The van der Waals surface area contributed by atoms with Crippen molar-refractivity contribution in [2.75, 3.05) is 11.9 Å². The maximum atomic E-state index is 13.1. The standard InChI is InChI=1S/C20H16F3NO5/c1-12(25)15(10-13-6-8-14(9-7-13)29-11-18(26)27)19(28)24-17-5-3-2-4-16(17)20(21,22)23/h2-10H,11H2,1H3,(H,24,28)(H,26,27)/p-1/b15-10+. The summed E-state index contributed by atoms with van der Waals surface area (Å²) in [5.74, 6) is -2.82. The molecule has 0 aliphatic carbocycles. The normalized spacial score (nSPS) is 11.7. The third-order valence-electron chi connectivity index (χ3n) is 3.65. The van der Waals surface area contributed by atoms with Crippen LogP contribution < -0.4 is 15.2 Å². The third-order valence-corrected chi connectivity index (χ3v) is 3.65. The Morgan fingerprint density at radius 1 is 1.07 bits per heavy atom. The van der Waals surface area contributed by atoms with Gasteiger partial charge in [0.25, 0.3) is 5.91 Å². The van der Waals surface area contributed by atoms with Crippen molar-refractivity contribution in [3.05, 3.63) is 65.2 Å². The van der Waals surface area contributed by atoms with Crippen molar-refractivity contribution in [2.45, 2.75) is 13.1 Å². The molecule has 0 aliphatic heterocycles. The lowest BCUT2D eigenvalue weighted by Gasteiger charge is -2.14. The van der Waals surface area contributed by atoms with Crippen LogP contribution in [-0.2, 0) is 20.6 Å². The Bertz CT molecular complexity index is 949. The summed E-state index contributed by atoms with van der Waals surface area (Å²) < 4.78 is 44.1. The van der Waals surface area contributed by atoms with Gasteiger partial charge >= 0.3 is 6.18 Å². The smallest absolute Gasteiger partial charge is 0.418 e. The number of ether oxygens (including phenoxy) is 1. The maximum absolute atomic E-state index is 13.1. The molecule has 2 aromatic carbocycles. The van der Waals surface area contributed by atoms with E-state index in [2.05, 4.69) is 5.32 Å². The number of halogens is 3. The van der Waals surface area contributed by atoms with Gasteiger partial charge in [0, 0.05) is 0 Å². The number of nitrogens with one attached hydrogen (secondary N) is 1. The van der Waals surface area contributed by atoms with E-state index in [0.717, 1.165) is 19.1 Å². The van der Waals surface area contributed by atoms with Crippen molar-refractivity contribution in [3.8, 4) is 5.75 Å². The van der Waals surface area contributed by atoms with Crippen LogP contribution in [0.25, 0.3) is 6.08 Å². The van der Waals surface area contributed by atoms with Crippen LogP contribution in [0.1, 0.15) is 18.1 Å². The topological polar surface area (TPSA) is 95.5 Å². The second-order valence-electron chi connectivity index (χ2n) is 5.84. The zero-order valence-corrected chi connectivity index (χ0v) is 15.1. The van der Waals surface area contributed by atoms with Gasteiger partial charge in [0.1, 0.15) is 12.4 Å². The third kappa shape index (κ3) is 6.20. The Kier molecular flexibility index (Phi) is 6.76. The molecule has 0 saturated heterocycles. The Morgan fingerprint density at radius 3 is 2.24 bits per heavy atom. The van der Waals surface area contributed by atoms with E-state index in [-0.39, 0.29) is 11.3 Å². The van der Waals surface area contributed by atoms with E-state index in [0.29, 0.717) is 5.56 Å². The number of benzene rings is 2. The van der Waals surface area contributed by atoms with Crippen LogP contribution in [0.3, 0.4) is 0 Å². The van der Waals surface area contributed by atoms with Crippen molar-refractivity contribution >= 4 is 29.4 Å². The maximum Gasteiger partial charge on any atom is 0.418 e. The Hall–Kier alpha value is -3.62. The van der Waals surface area contributed by atoms with Crippen molar-refractivity contribution in [1.82, 2.24) is 0 Å². The van der Waals surface area contributed by atoms with E-state index in [4.69, 9.17) is 4.74 Å². The summed E-state index contributed by atoms with van der Waals surface area (Å²) >= 11 is 0. The molecule has 2 aromatic rings. The molecule has 0 fully saturated rings.